The first kappa shape index (κ1) is 17.7. The van der Waals surface area contributed by atoms with Crippen LogP contribution in [0.25, 0.3) is 10.9 Å². The molecule has 0 aliphatic heterocycles. The molecule has 2 N–H and O–H groups in total. The highest BCUT2D eigenvalue weighted by Crippen LogP contribution is 2.19. The number of nitrogens with one attached hydrogen (secondary N) is 2. The molecule has 0 unspecified atom stereocenters. The molecule has 4 nitrogen and oxygen atoms in total. The van der Waals surface area contributed by atoms with Gasteiger partial charge in [-0.15, -0.1) is 0 Å². The molecule has 1 heterocycles. The van der Waals surface area contributed by atoms with Gasteiger partial charge in [0.15, 0.2) is 0 Å². The average Bonchev–Trinajstić information content (AvgIpc) is 2.73. The molecule has 1 aliphatic rings. The number of rotatable bonds is 5. The largest absolute Gasteiger partial charge is 0.321 e. The fourth-order valence-corrected chi connectivity index (χ4v) is 3.69. The number of fused-ring (bicyclic) bond motifs is 1. The topological polar surface area (TPSA) is 54.0 Å². The second-order valence-electron chi connectivity index (χ2n) is 7.28. The number of pyridine rings is 1. The number of carbonyl (C=O) groups excluding carboxylic acids is 1. The highest BCUT2D eigenvalue weighted by atomic mass is 16.1. The number of hydrogen-bond acceptors (Lipinski definition) is 3. The molecule has 4 heteroatoms. The number of carbonyl (C=O) groups is 1. The van der Waals surface area contributed by atoms with Gasteiger partial charge >= 0.3 is 0 Å². The predicted molar refractivity (Wildman–Crippen MR) is 110 cm³/mol. The van der Waals surface area contributed by atoms with Gasteiger partial charge in [-0.25, -0.2) is 0 Å². The standard InChI is InChI=1S/C23H25N3O/c27-23(26-21-14-19-6-4-5-9-22(19)25-16-21)18-12-10-17(11-13-18)15-24-20-7-2-1-3-8-20/h4-6,9-14,16,20,24H,1-3,7-8,15H2,(H,26,27). The summed E-state index contributed by atoms with van der Waals surface area (Å²) in [6.45, 7) is 0.862. The van der Waals surface area contributed by atoms with Gasteiger partial charge in [0, 0.05) is 23.5 Å². The molecular weight excluding hydrogens is 334 g/mol. The van der Waals surface area contributed by atoms with Gasteiger partial charge < -0.3 is 10.6 Å². The van der Waals surface area contributed by atoms with Crippen LogP contribution < -0.4 is 10.6 Å². The number of hydrogen-bond donors (Lipinski definition) is 2. The summed E-state index contributed by atoms with van der Waals surface area (Å²) < 4.78 is 0. The maximum atomic E-state index is 12.5. The summed E-state index contributed by atoms with van der Waals surface area (Å²) >= 11 is 0. The molecule has 0 atom stereocenters. The van der Waals surface area contributed by atoms with Crippen molar-refractivity contribution in [3.63, 3.8) is 0 Å². The second kappa shape index (κ2) is 8.31. The Morgan fingerprint density at radius 1 is 1.00 bits per heavy atom. The van der Waals surface area contributed by atoms with Crippen molar-refractivity contribution in [2.45, 2.75) is 44.7 Å². The van der Waals surface area contributed by atoms with E-state index in [2.05, 4.69) is 15.6 Å². The maximum Gasteiger partial charge on any atom is 0.255 e. The van der Waals surface area contributed by atoms with E-state index < -0.39 is 0 Å². The molecule has 0 radical (unpaired) electrons. The van der Waals surface area contributed by atoms with Gasteiger partial charge in [-0.05, 0) is 42.7 Å². The predicted octanol–water partition coefficient (Wildman–Crippen LogP) is 4.91. The van der Waals surface area contributed by atoms with Crippen molar-refractivity contribution in [3.05, 3.63) is 71.9 Å². The number of anilines is 1. The van der Waals surface area contributed by atoms with Gasteiger partial charge in [-0.3, -0.25) is 9.78 Å². The Hall–Kier alpha value is -2.72. The molecule has 4 rings (SSSR count). The lowest BCUT2D eigenvalue weighted by atomic mass is 9.95. The van der Waals surface area contributed by atoms with Crippen LogP contribution in [0, 0.1) is 0 Å². The van der Waals surface area contributed by atoms with Crippen molar-refractivity contribution >= 4 is 22.5 Å². The summed E-state index contributed by atoms with van der Waals surface area (Å²) in [5.74, 6) is -0.112. The lowest BCUT2D eigenvalue weighted by molar-refractivity contribution is 0.102. The average molecular weight is 359 g/mol. The van der Waals surface area contributed by atoms with E-state index in [9.17, 15) is 4.79 Å². The summed E-state index contributed by atoms with van der Waals surface area (Å²) in [4.78, 5) is 16.9. The summed E-state index contributed by atoms with van der Waals surface area (Å²) in [6.07, 6.45) is 8.29. The Bertz CT molecular complexity index is 914. The summed E-state index contributed by atoms with van der Waals surface area (Å²) in [5.41, 5.74) is 3.50. The third-order valence-electron chi connectivity index (χ3n) is 5.26. The maximum absolute atomic E-state index is 12.5. The van der Waals surface area contributed by atoms with Crippen molar-refractivity contribution < 1.29 is 4.79 Å². The second-order valence-corrected chi connectivity index (χ2v) is 7.28. The minimum absolute atomic E-state index is 0.112. The van der Waals surface area contributed by atoms with Crippen LogP contribution >= 0.6 is 0 Å². The molecule has 1 amide bonds. The SMILES string of the molecule is O=C(Nc1cnc2ccccc2c1)c1ccc(CNC2CCCCC2)cc1. The van der Waals surface area contributed by atoms with E-state index in [-0.39, 0.29) is 5.91 Å². The minimum atomic E-state index is -0.112. The quantitative estimate of drug-likeness (QED) is 0.680. The van der Waals surface area contributed by atoms with E-state index in [0.29, 0.717) is 17.3 Å². The fourth-order valence-electron chi connectivity index (χ4n) is 3.69. The molecule has 0 bridgehead atoms. The number of nitrogens with zero attached hydrogens (tertiary/aromatic N) is 1. The third kappa shape index (κ3) is 4.52. The zero-order valence-corrected chi connectivity index (χ0v) is 15.4. The summed E-state index contributed by atoms with van der Waals surface area (Å²) in [5, 5.41) is 7.58. The Balaban J connectivity index is 1.36. The molecule has 1 saturated carbocycles. The van der Waals surface area contributed by atoms with Gasteiger partial charge in [0.2, 0.25) is 0 Å². The van der Waals surface area contributed by atoms with Crippen LogP contribution in [-0.4, -0.2) is 16.9 Å². The van der Waals surface area contributed by atoms with E-state index in [1.165, 1.54) is 37.7 Å². The third-order valence-corrected chi connectivity index (χ3v) is 5.26. The van der Waals surface area contributed by atoms with Crippen molar-refractivity contribution in [2.24, 2.45) is 0 Å². The van der Waals surface area contributed by atoms with Crippen LogP contribution in [0.3, 0.4) is 0 Å². The van der Waals surface area contributed by atoms with Gasteiger partial charge in [0.25, 0.3) is 5.91 Å². The Kier molecular flexibility index (Phi) is 5.45. The number of para-hydroxylation sites is 1. The molecule has 0 spiro atoms. The van der Waals surface area contributed by atoms with Gasteiger partial charge in [-0.1, -0.05) is 49.6 Å². The van der Waals surface area contributed by atoms with Crippen LogP contribution in [0.4, 0.5) is 5.69 Å². The number of aromatic nitrogens is 1. The van der Waals surface area contributed by atoms with E-state index in [1.807, 2.05) is 54.6 Å². The number of benzene rings is 2. The van der Waals surface area contributed by atoms with E-state index in [1.54, 1.807) is 6.20 Å². The first-order valence-electron chi connectivity index (χ1n) is 9.76. The van der Waals surface area contributed by atoms with Crippen LogP contribution in [0.5, 0.6) is 0 Å². The van der Waals surface area contributed by atoms with Crippen LogP contribution in [0.1, 0.15) is 48.0 Å². The summed E-state index contributed by atoms with van der Waals surface area (Å²) in [7, 11) is 0. The van der Waals surface area contributed by atoms with Crippen LogP contribution in [-0.2, 0) is 6.54 Å². The lowest BCUT2D eigenvalue weighted by Crippen LogP contribution is -2.30. The van der Waals surface area contributed by atoms with E-state index >= 15 is 0 Å². The van der Waals surface area contributed by atoms with Crippen LogP contribution in [0.15, 0.2) is 60.8 Å². The molecule has 1 aliphatic carbocycles. The van der Waals surface area contributed by atoms with E-state index in [0.717, 1.165) is 17.4 Å². The Morgan fingerprint density at radius 2 is 1.78 bits per heavy atom. The zero-order valence-electron chi connectivity index (χ0n) is 15.4. The van der Waals surface area contributed by atoms with Crippen molar-refractivity contribution in [2.75, 3.05) is 5.32 Å². The monoisotopic (exact) mass is 359 g/mol. The first-order chi connectivity index (χ1) is 13.3. The fraction of sp³-hybridized carbons (Fsp3) is 0.304. The van der Waals surface area contributed by atoms with Gasteiger partial charge in [0.1, 0.15) is 0 Å². The molecule has 138 valence electrons. The molecular formula is C23H25N3O. The Morgan fingerprint density at radius 3 is 2.59 bits per heavy atom. The summed E-state index contributed by atoms with van der Waals surface area (Å²) in [6, 6.07) is 18.3. The van der Waals surface area contributed by atoms with Crippen LogP contribution in [0.2, 0.25) is 0 Å². The molecule has 0 saturated heterocycles. The number of amides is 1. The molecule has 1 fully saturated rings. The highest BCUT2D eigenvalue weighted by Gasteiger charge is 2.12. The van der Waals surface area contributed by atoms with Crippen molar-refractivity contribution in [1.29, 1.82) is 0 Å². The molecule has 1 aromatic heterocycles. The normalized spacial score (nSPS) is 15.0. The van der Waals surface area contributed by atoms with Crippen molar-refractivity contribution in [1.82, 2.24) is 10.3 Å². The molecule has 3 aromatic rings. The smallest absolute Gasteiger partial charge is 0.255 e. The Labute approximate surface area is 160 Å². The van der Waals surface area contributed by atoms with Gasteiger partial charge in [0.05, 0.1) is 17.4 Å². The minimum Gasteiger partial charge on any atom is -0.321 e. The molecule has 27 heavy (non-hydrogen) atoms. The first-order valence-corrected chi connectivity index (χ1v) is 9.76. The lowest BCUT2D eigenvalue weighted by Gasteiger charge is -2.22. The van der Waals surface area contributed by atoms with E-state index in [4.69, 9.17) is 0 Å². The highest BCUT2D eigenvalue weighted by molar-refractivity contribution is 6.04. The van der Waals surface area contributed by atoms with Crippen molar-refractivity contribution in [3.8, 4) is 0 Å². The molecule has 2 aromatic carbocycles. The van der Waals surface area contributed by atoms with Gasteiger partial charge in [-0.2, -0.15) is 0 Å². The zero-order chi connectivity index (χ0) is 18.5.